The van der Waals surface area contributed by atoms with Gasteiger partial charge < -0.3 is 15.4 Å². The van der Waals surface area contributed by atoms with E-state index in [4.69, 9.17) is 4.74 Å². The Morgan fingerprint density at radius 1 is 1.16 bits per heavy atom. The summed E-state index contributed by atoms with van der Waals surface area (Å²) in [5.41, 5.74) is 1.84. The van der Waals surface area contributed by atoms with Gasteiger partial charge in [-0.2, -0.15) is 0 Å². The molecule has 2 aromatic carbocycles. The fraction of sp³-hybridized carbons (Fsp3) is 0.300. The molecular formula is C20H22N2O3. The van der Waals surface area contributed by atoms with Crippen LogP contribution in [0.1, 0.15) is 32.4 Å². The molecule has 2 N–H and O–H groups in total. The maximum absolute atomic E-state index is 12.7. The summed E-state index contributed by atoms with van der Waals surface area (Å²) in [5, 5.41) is 7.59. The first kappa shape index (κ1) is 17.0. The zero-order valence-corrected chi connectivity index (χ0v) is 14.6. The highest BCUT2D eigenvalue weighted by Crippen LogP contribution is 2.32. The Morgan fingerprint density at radius 2 is 1.88 bits per heavy atom. The number of esters is 1. The normalized spacial score (nSPS) is 17.4. The van der Waals surface area contributed by atoms with Gasteiger partial charge in [-0.25, -0.2) is 9.59 Å². The van der Waals surface area contributed by atoms with Crippen LogP contribution in [-0.4, -0.2) is 18.6 Å². The molecule has 1 atom stereocenters. The number of fused-ring (bicyclic) bond motifs is 1. The SMILES string of the molecule is CC1=C(C(=O)OCC(C)C)C(c2cccc3ccccc23)NC(=O)N1. The molecule has 1 aliphatic heterocycles. The molecule has 1 heterocycles. The molecule has 2 aromatic rings. The number of hydrogen-bond acceptors (Lipinski definition) is 3. The number of allylic oxidation sites excluding steroid dienone is 1. The van der Waals surface area contributed by atoms with Crippen LogP contribution in [-0.2, 0) is 9.53 Å². The van der Waals surface area contributed by atoms with E-state index in [9.17, 15) is 9.59 Å². The Morgan fingerprint density at radius 3 is 2.64 bits per heavy atom. The second-order valence-corrected chi connectivity index (χ2v) is 6.63. The van der Waals surface area contributed by atoms with E-state index in [2.05, 4.69) is 10.6 Å². The van der Waals surface area contributed by atoms with Crippen molar-refractivity contribution in [1.29, 1.82) is 0 Å². The third kappa shape index (κ3) is 3.50. The van der Waals surface area contributed by atoms with Crippen molar-refractivity contribution in [3.8, 4) is 0 Å². The van der Waals surface area contributed by atoms with Gasteiger partial charge in [0.05, 0.1) is 18.2 Å². The molecule has 25 heavy (non-hydrogen) atoms. The molecule has 0 saturated carbocycles. The maximum Gasteiger partial charge on any atom is 0.338 e. The van der Waals surface area contributed by atoms with E-state index < -0.39 is 12.0 Å². The Kier molecular flexibility index (Phi) is 4.74. The van der Waals surface area contributed by atoms with Crippen molar-refractivity contribution < 1.29 is 14.3 Å². The molecule has 0 bridgehead atoms. The highest BCUT2D eigenvalue weighted by atomic mass is 16.5. The van der Waals surface area contributed by atoms with Crippen molar-refractivity contribution in [2.24, 2.45) is 5.92 Å². The van der Waals surface area contributed by atoms with Crippen molar-refractivity contribution in [2.45, 2.75) is 26.8 Å². The molecule has 3 rings (SSSR count). The second-order valence-electron chi connectivity index (χ2n) is 6.63. The summed E-state index contributed by atoms with van der Waals surface area (Å²) in [6.07, 6.45) is 0. The second kappa shape index (κ2) is 6.97. The van der Waals surface area contributed by atoms with Crippen molar-refractivity contribution in [3.63, 3.8) is 0 Å². The summed E-state index contributed by atoms with van der Waals surface area (Å²) in [4.78, 5) is 24.7. The van der Waals surface area contributed by atoms with E-state index in [1.807, 2.05) is 56.3 Å². The van der Waals surface area contributed by atoms with Gasteiger partial charge in [0, 0.05) is 5.70 Å². The molecule has 5 heteroatoms. The zero-order chi connectivity index (χ0) is 18.0. The number of benzene rings is 2. The number of ether oxygens (including phenoxy) is 1. The van der Waals surface area contributed by atoms with Crippen LogP contribution in [0, 0.1) is 5.92 Å². The van der Waals surface area contributed by atoms with Crippen LogP contribution in [0.25, 0.3) is 10.8 Å². The number of rotatable bonds is 4. The van der Waals surface area contributed by atoms with E-state index in [1.54, 1.807) is 6.92 Å². The Bertz CT molecular complexity index is 850. The van der Waals surface area contributed by atoms with Gasteiger partial charge in [0.2, 0.25) is 0 Å². The van der Waals surface area contributed by atoms with Crippen molar-refractivity contribution in [3.05, 3.63) is 59.3 Å². The topological polar surface area (TPSA) is 67.4 Å². The lowest BCUT2D eigenvalue weighted by Crippen LogP contribution is -2.45. The third-order valence-corrected chi connectivity index (χ3v) is 4.17. The first-order valence-corrected chi connectivity index (χ1v) is 8.40. The lowest BCUT2D eigenvalue weighted by Gasteiger charge is -2.29. The largest absolute Gasteiger partial charge is 0.462 e. The Balaban J connectivity index is 2.06. The first-order chi connectivity index (χ1) is 12.0. The molecule has 0 radical (unpaired) electrons. The molecule has 2 amide bonds. The fourth-order valence-electron chi connectivity index (χ4n) is 3.02. The van der Waals surface area contributed by atoms with Crippen LogP contribution in [0.3, 0.4) is 0 Å². The molecule has 1 unspecified atom stereocenters. The minimum Gasteiger partial charge on any atom is -0.462 e. The smallest absolute Gasteiger partial charge is 0.338 e. The quantitative estimate of drug-likeness (QED) is 0.836. The molecule has 0 aliphatic carbocycles. The van der Waals surface area contributed by atoms with Crippen molar-refractivity contribution in [2.75, 3.05) is 6.61 Å². The molecule has 0 aromatic heterocycles. The average Bonchev–Trinajstić information content (AvgIpc) is 2.58. The van der Waals surface area contributed by atoms with Crippen LogP contribution < -0.4 is 10.6 Å². The number of nitrogens with one attached hydrogen (secondary N) is 2. The molecule has 1 aliphatic rings. The van der Waals surface area contributed by atoms with Crippen molar-refractivity contribution >= 4 is 22.8 Å². The molecular weight excluding hydrogens is 316 g/mol. The van der Waals surface area contributed by atoms with Gasteiger partial charge in [-0.1, -0.05) is 56.3 Å². The lowest BCUT2D eigenvalue weighted by molar-refractivity contribution is -0.140. The van der Waals surface area contributed by atoms with Gasteiger partial charge in [-0.05, 0) is 29.2 Å². The van der Waals surface area contributed by atoms with Crippen LogP contribution in [0.5, 0.6) is 0 Å². The first-order valence-electron chi connectivity index (χ1n) is 8.40. The van der Waals surface area contributed by atoms with E-state index in [0.29, 0.717) is 17.9 Å². The fourth-order valence-corrected chi connectivity index (χ4v) is 3.02. The predicted molar refractivity (Wildman–Crippen MR) is 96.9 cm³/mol. The maximum atomic E-state index is 12.7. The molecule has 5 nitrogen and oxygen atoms in total. The van der Waals surface area contributed by atoms with Crippen LogP contribution in [0.4, 0.5) is 4.79 Å². The van der Waals surface area contributed by atoms with E-state index in [0.717, 1.165) is 16.3 Å². The van der Waals surface area contributed by atoms with E-state index in [-0.39, 0.29) is 11.9 Å². The summed E-state index contributed by atoms with van der Waals surface area (Å²) in [7, 11) is 0. The number of urea groups is 1. The number of carbonyl (C=O) groups excluding carboxylic acids is 2. The molecule has 130 valence electrons. The third-order valence-electron chi connectivity index (χ3n) is 4.17. The predicted octanol–water partition coefficient (Wildman–Crippen LogP) is 3.67. The Hall–Kier alpha value is -2.82. The zero-order valence-electron chi connectivity index (χ0n) is 14.6. The van der Waals surface area contributed by atoms with Gasteiger partial charge in [0.25, 0.3) is 0 Å². The standard InChI is InChI=1S/C20H22N2O3/c1-12(2)11-25-19(23)17-13(3)21-20(24)22-18(17)16-10-6-8-14-7-4-5-9-15(14)16/h4-10,12,18H,11H2,1-3H3,(H2,21,22,24). The van der Waals surface area contributed by atoms with Crippen LogP contribution in [0.2, 0.25) is 0 Å². The van der Waals surface area contributed by atoms with Gasteiger partial charge in [0.15, 0.2) is 0 Å². The van der Waals surface area contributed by atoms with Crippen LogP contribution in [0.15, 0.2) is 53.7 Å². The van der Waals surface area contributed by atoms with Gasteiger partial charge in [0.1, 0.15) is 0 Å². The van der Waals surface area contributed by atoms with E-state index >= 15 is 0 Å². The highest BCUT2D eigenvalue weighted by Gasteiger charge is 2.33. The number of amides is 2. The summed E-state index contributed by atoms with van der Waals surface area (Å²) in [6.45, 7) is 6.03. The minimum atomic E-state index is -0.542. The summed E-state index contributed by atoms with van der Waals surface area (Å²) < 4.78 is 5.42. The van der Waals surface area contributed by atoms with Gasteiger partial charge in [-0.3, -0.25) is 0 Å². The monoisotopic (exact) mass is 338 g/mol. The number of carbonyl (C=O) groups is 2. The minimum absolute atomic E-state index is 0.243. The Labute approximate surface area is 147 Å². The van der Waals surface area contributed by atoms with Crippen molar-refractivity contribution in [1.82, 2.24) is 10.6 Å². The van der Waals surface area contributed by atoms with Gasteiger partial charge >= 0.3 is 12.0 Å². The van der Waals surface area contributed by atoms with E-state index in [1.165, 1.54) is 0 Å². The average molecular weight is 338 g/mol. The number of hydrogen-bond donors (Lipinski definition) is 2. The summed E-state index contributed by atoms with van der Waals surface area (Å²) >= 11 is 0. The molecule has 0 spiro atoms. The van der Waals surface area contributed by atoms with Crippen LogP contribution >= 0.6 is 0 Å². The molecule has 0 fully saturated rings. The summed E-state index contributed by atoms with van der Waals surface area (Å²) in [5.74, 6) is -0.163. The summed E-state index contributed by atoms with van der Waals surface area (Å²) in [6, 6.07) is 12.9. The lowest BCUT2D eigenvalue weighted by atomic mass is 9.91. The highest BCUT2D eigenvalue weighted by molar-refractivity contribution is 5.97. The van der Waals surface area contributed by atoms with Gasteiger partial charge in [-0.15, -0.1) is 0 Å². The molecule has 0 saturated heterocycles.